The van der Waals surface area contributed by atoms with Crippen molar-refractivity contribution in [2.24, 2.45) is 0 Å². The minimum atomic E-state index is -3.92. The molecule has 1 aromatic heterocycles. The minimum Gasteiger partial charge on any atom is -0.497 e. The number of sulfonamides is 1. The van der Waals surface area contributed by atoms with Gasteiger partial charge in [0.1, 0.15) is 17.8 Å². The molecule has 1 heterocycles. The summed E-state index contributed by atoms with van der Waals surface area (Å²) in [6.07, 6.45) is 1.31. The maximum Gasteiger partial charge on any atom is 0.266 e. The SMILES string of the molecule is COc1ccc(CN(c2ncns2)S(=O)(=O)c2cccc(Cl)c2)c(OC)c1. The first-order chi connectivity index (χ1) is 13.0. The largest absolute Gasteiger partial charge is 0.497 e. The molecule has 0 bridgehead atoms. The Hall–Kier alpha value is -2.36. The second kappa shape index (κ2) is 8.12. The van der Waals surface area contributed by atoms with Gasteiger partial charge in [0.15, 0.2) is 0 Å². The molecule has 0 aliphatic carbocycles. The van der Waals surface area contributed by atoms with E-state index in [1.54, 1.807) is 37.4 Å². The number of aromatic nitrogens is 2. The van der Waals surface area contributed by atoms with E-state index in [2.05, 4.69) is 9.36 Å². The Labute approximate surface area is 166 Å². The first-order valence-electron chi connectivity index (χ1n) is 7.71. The lowest BCUT2D eigenvalue weighted by Gasteiger charge is -2.22. The normalized spacial score (nSPS) is 11.2. The Bertz CT molecular complexity index is 1030. The number of ether oxygens (including phenoxy) is 2. The van der Waals surface area contributed by atoms with Crippen LogP contribution in [-0.4, -0.2) is 32.0 Å². The molecule has 0 N–H and O–H groups in total. The smallest absolute Gasteiger partial charge is 0.266 e. The molecule has 27 heavy (non-hydrogen) atoms. The zero-order valence-corrected chi connectivity index (χ0v) is 16.9. The Morgan fingerprint density at radius 2 is 1.96 bits per heavy atom. The average Bonchev–Trinajstić information content (AvgIpc) is 3.20. The van der Waals surface area contributed by atoms with Crippen molar-refractivity contribution in [3.63, 3.8) is 0 Å². The molecule has 7 nitrogen and oxygen atoms in total. The fourth-order valence-corrected chi connectivity index (χ4v) is 4.86. The van der Waals surface area contributed by atoms with Crippen LogP contribution >= 0.6 is 23.1 Å². The zero-order valence-electron chi connectivity index (χ0n) is 14.5. The van der Waals surface area contributed by atoms with Crippen molar-refractivity contribution in [2.45, 2.75) is 11.4 Å². The minimum absolute atomic E-state index is 0.0111. The van der Waals surface area contributed by atoms with Crippen LogP contribution in [0, 0.1) is 0 Å². The molecule has 0 saturated carbocycles. The van der Waals surface area contributed by atoms with Crippen LogP contribution in [0.5, 0.6) is 11.5 Å². The van der Waals surface area contributed by atoms with Gasteiger partial charge in [0, 0.05) is 28.2 Å². The zero-order chi connectivity index (χ0) is 19.4. The second-order valence-electron chi connectivity index (χ2n) is 5.37. The molecule has 0 aliphatic rings. The number of rotatable bonds is 7. The topological polar surface area (TPSA) is 81.6 Å². The summed E-state index contributed by atoms with van der Waals surface area (Å²) in [5.41, 5.74) is 0.652. The molecule has 2 aromatic carbocycles. The van der Waals surface area contributed by atoms with E-state index in [1.165, 1.54) is 29.9 Å². The van der Waals surface area contributed by atoms with Gasteiger partial charge in [-0.25, -0.2) is 17.7 Å². The highest BCUT2D eigenvalue weighted by atomic mass is 35.5. The summed E-state index contributed by atoms with van der Waals surface area (Å²) in [5.74, 6) is 1.11. The van der Waals surface area contributed by atoms with Crippen LogP contribution in [0.1, 0.15) is 5.56 Å². The van der Waals surface area contributed by atoms with Crippen molar-refractivity contribution < 1.29 is 17.9 Å². The molecule has 0 fully saturated rings. The summed E-state index contributed by atoms with van der Waals surface area (Å²) in [6.45, 7) is 0.0111. The Kier molecular flexibility index (Phi) is 5.83. The van der Waals surface area contributed by atoms with Gasteiger partial charge in [-0.15, -0.1) is 0 Å². The van der Waals surface area contributed by atoms with Gasteiger partial charge < -0.3 is 9.47 Å². The van der Waals surface area contributed by atoms with Crippen LogP contribution in [0.25, 0.3) is 0 Å². The van der Waals surface area contributed by atoms with Crippen molar-refractivity contribution in [3.05, 3.63) is 59.4 Å². The number of hydrogen-bond donors (Lipinski definition) is 0. The molecule has 0 amide bonds. The summed E-state index contributed by atoms with van der Waals surface area (Å²) in [4.78, 5) is 4.14. The Balaban J connectivity index is 2.06. The summed E-state index contributed by atoms with van der Waals surface area (Å²) in [5, 5.41) is 0.572. The van der Waals surface area contributed by atoms with Crippen molar-refractivity contribution in [1.82, 2.24) is 9.36 Å². The first kappa shape index (κ1) is 19.4. The van der Waals surface area contributed by atoms with Crippen molar-refractivity contribution >= 4 is 38.3 Å². The molecule has 142 valence electrons. The van der Waals surface area contributed by atoms with E-state index in [1.807, 2.05) is 0 Å². The van der Waals surface area contributed by atoms with E-state index in [0.29, 0.717) is 22.1 Å². The van der Waals surface area contributed by atoms with E-state index in [-0.39, 0.29) is 16.6 Å². The number of methoxy groups -OCH3 is 2. The van der Waals surface area contributed by atoms with Gasteiger partial charge in [-0.05, 0) is 30.3 Å². The van der Waals surface area contributed by atoms with Crippen LogP contribution in [0.4, 0.5) is 5.13 Å². The number of halogens is 1. The van der Waals surface area contributed by atoms with Gasteiger partial charge in [-0.3, -0.25) is 0 Å². The van der Waals surface area contributed by atoms with Gasteiger partial charge in [0.2, 0.25) is 5.13 Å². The molecule has 0 unspecified atom stereocenters. The van der Waals surface area contributed by atoms with E-state index in [4.69, 9.17) is 21.1 Å². The number of nitrogens with zero attached hydrogens (tertiary/aromatic N) is 3. The maximum absolute atomic E-state index is 13.3. The third kappa shape index (κ3) is 4.15. The van der Waals surface area contributed by atoms with E-state index >= 15 is 0 Å². The summed E-state index contributed by atoms with van der Waals surface area (Å²) in [6, 6.07) is 11.3. The van der Waals surface area contributed by atoms with Crippen molar-refractivity contribution in [2.75, 3.05) is 18.5 Å². The molecule has 0 spiro atoms. The Morgan fingerprint density at radius 1 is 1.15 bits per heavy atom. The molecule has 10 heteroatoms. The van der Waals surface area contributed by atoms with Crippen LogP contribution in [0.3, 0.4) is 0 Å². The van der Waals surface area contributed by atoms with Crippen molar-refractivity contribution in [3.8, 4) is 11.5 Å². The van der Waals surface area contributed by atoms with Gasteiger partial charge in [0.05, 0.1) is 25.7 Å². The molecule has 0 aliphatic heterocycles. The quantitative estimate of drug-likeness (QED) is 0.575. The molecule has 3 aromatic rings. The molecule has 0 radical (unpaired) electrons. The summed E-state index contributed by atoms with van der Waals surface area (Å²) < 4.78 is 42.2. The predicted molar refractivity (Wildman–Crippen MR) is 104 cm³/mol. The molecule has 0 atom stereocenters. The van der Waals surface area contributed by atoms with E-state index < -0.39 is 10.0 Å². The van der Waals surface area contributed by atoms with Gasteiger partial charge in [-0.1, -0.05) is 17.7 Å². The number of benzene rings is 2. The lowest BCUT2D eigenvalue weighted by atomic mass is 10.2. The van der Waals surface area contributed by atoms with E-state index in [9.17, 15) is 8.42 Å². The standard InChI is InChI=1S/C17H16ClN3O4S2/c1-24-14-7-6-12(16(9-14)25-2)10-21(17-19-11-20-26-17)27(22,23)15-5-3-4-13(18)8-15/h3-9,11H,10H2,1-2H3. The average molecular weight is 426 g/mol. The van der Waals surface area contributed by atoms with E-state index in [0.717, 1.165) is 11.5 Å². The molecular weight excluding hydrogens is 410 g/mol. The van der Waals surface area contributed by atoms with Gasteiger partial charge in [-0.2, -0.15) is 4.37 Å². The first-order valence-corrected chi connectivity index (χ1v) is 10.3. The maximum atomic E-state index is 13.3. The van der Waals surface area contributed by atoms with Gasteiger partial charge in [0.25, 0.3) is 10.0 Å². The highest BCUT2D eigenvalue weighted by molar-refractivity contribution is 7.93. The fraction of sp³-hybridized carbons (Fsp3) is 0.176. The van der Waals surface area contributed by atoms with Crippen LogP contribution < -0.4 is 13.8 Å². The number of anilines is 1. The Morgan fingerprint density at radius 3 is 2.59 bits per heavy atom. The highest BCUT2D eigenvalue weighted by Crippen LogP contribution is 2.31. The molecular formula is C17H16ClN3O4S2. The summed E-state index contributed by atoms with van der Waals surface area (Å²) >= 11 is 6.96. The van der Waals surface area contributed by atoms with Crippen LogP contribution in [-0.2, 0) is 16.6 Å². The second-order valence-corrected chi connectivity index (χ2v) is 8.43. The third-order valence-corrected chi connectivity index (χ3v) is 6.53. The molecule has 0 saturated heterocycles. The monoisotopic (exact) mass is 425 g/mol. The third-order valence-electron chi connectivity index (χ3n) is 3.76. The van der Waals surface area contributed by atoms with Crippen molar-refractivity contribution in [1.29, 1.82) is 0 Å². The lowest BCUT2D eigenvalue weighted by molar-refractivity contribution is 0.391. The summed E-state index contributed by atoms with van der Waals surface area (Å²) in [7, 11) is -0.855. The van der Waals surface area contributed by atoms with Gasteiger partial charge >= 0.3 is 0 Å². The van der Waals surface area contributed by atoms with Crippen LogP contribution in [0.2, 0.25) is 5.02 Å². The lowest BCUT2D eigenvalue weighted by Crippen LogP contribution is -2.30. The van der Waals surface area contributed by atoms with Crippen LogP contribution in [0.15, 0.2) is 53.7 Å². The highest BCUT2D eigenvalue weighted by Gasteiger charge is 2.28. The predicted octanol–water partition coefficient (Wildman–Crippen LogP) is 3.60. The molecule has 3 rings (SSSR count). The fourth-order valence-electron chi connectivity index (χ4n) is 2.42. The number of hydrogen-bond acceptors (Lipinski definition) is 7.